The van der Waals surface area contributed by atoms with Crippen LogP contribution >= 0.6 is 11.6 Å². The first-order valence-corrected chi connectivity index (χ1v) is 5.98. The fourth-order valence-corrected chi connectivity index (χ4v) is 1.90. The molecule has 0 aliphatic heterocycles. The van der Waals surface area contributed by atoms with E-state index in [1.54, 1.807) is 18.2 Å². The van der Waals surface area contributed by atoms with Gasteiger partial charge in [-0.15, -0.1) is 0 Å². The minimum absolute atomic E-state index is 0.117. The number of hydrogen-bond donors (Lipinski definition) is 0. The van der Waals surface area contributed by atoms with Crippen LogP contribution in [0.2, 0.25) is 5.02 Å². The van der Waals surface area contributed by atoms with E-state index in [1.807, 2.05) is 0 Å². The molecule has 2 rings (SSSR count). The highest BCUT2D eigenvalue weighted by molar-refractivity contribution is 6.30. The Labute approximate surface area is 115 Å². The second kappa shape index (κ2) is 5.85. The zero-order chi connectivity index (χ0) is 13.8. The molecule has 0 aliphatic rings. The van der Waals surface area contributed by atoms with Crippen molar-refractivity contribution < 1.29 is 13.5 Å². The molecule has 4 heteroatoms. The topological polar surface area (TPSA) is 9.23 Å². The molecule has 0 saturated heterocycles. The third-order valence-electron chi connectivity index (χ3n) is 2.50. The second-order valence-electron chi connectivity index (χ2n) is 3.87. The van der Waals surface area contributed by atoms with Crippen molar-refractivity contribution in [1.82, 2.24) is 0 Å². The summed E-state index contributed by atoms with van der Waals surface area (Å²) in [7, 11) is 0. The van der Waals surface area contributed by atoms with E-state index >= 15 is 0 Å². The maximum Gasteiger partial charge on any atom is 0.137 e. The lowest BCUT2D eigenvalue weighted by Gasteiger charge is -2.09. The van der Waals surface area contributed by atoms with Crippen LogP contribution in [0.3, 0.4) is 0 Å². The van der Waals surface area contributed by atoms with Gasteiger partial charge in [-0.2, -0.15) is 0 Å². The summed E-state index contributed by atoms with van der Waals surface area (Å²) in [6, 6.07) is 8.66. The van der Waals surface area contributed by atoms with Gasteiger partial charge in [-0.25, -0.2) is 8.78 Å². The molecule has 2 aromatic rings. The van der Waals surface area contributed by atoms with Crippen molar-refractivity contribution in [2.75, 3.05) is 6.61 Å². The Balaban J connectivity index is 2.44. The quantitative estimate of drug-likeness (QED) is 0.728. The minimum Gasteiger partial charge on any atom is -0.489 e. The summed E-state index contributed by atoms with van der Waals surface area (Å²) < 4.78 is 33.0. The van der Waals surface area contributed by atoms with E-state index in [4.69, 9.17) is 16.3 Å². The monoisotopic (exact) mass is 280 g/mol. The van der Waals surface area contributed by atoms with Gasteiger partial charge in [-0.05, 0) is 17.7 Å². The average molecular weight is 281 g/mol. The van der Waals surface area contributed by atoms with Crippen LogP contribution in [0.4, 0.5) is 8.78 Å². The first-order valence-electron chi connectivity index (χ1n) is 5.60. The maximum atomic E-state index is 14.0. The zero-order valence-electron chi connectivity index (χ0n) is 10.00. The molecule has 0 aromatic heterocycles. The van der Waals surface area contributed by atoms with Gasteiger partial charge in [-0.1, -0.05) is 36.4 Å². The molecule has 0 saturated carbocycles. The molecule has 0 spiro atoms. The maximum absolute atomic E-state index is 14.0. The SMILES string of the molecule is C=CCOc1cc(F)c(-c2cccc(Cl)c2)c(F)c1. The summed E-state index contributed by atoms with van der Waals surface area (Å²) in [6.07, 6.45) is 1.50. The van der Waals surface area contributed by atoms with E-state index in [1.165, 1.54) is 12.1 Å². The molecule has 0 fully saturated rings. The second-order valence-corrected chi connectivity index (χ2v) is 4.31. The van der Waals surface area contributed by atoms with E-state index in [0.717, 1.165) is 12.1 Å². The fraction of sp³-hybridized carbons (Fsp3) is 0.0667. The van der Waals surface area contributed by atoms with E-state index < -0.39 is 11.6 Å². The van der Waals surface area contributed by atoms with Crippen molar-refractivity contribution in [2.24, 2.45) is 0 Å². The zero-order valence-corrected chi connectivity index (χ0v) is 10.8. The predicted octanol–water partition coefficient (Wildman–Crippen LogP) is 4.85. The van der Waals surface area contributed by atoms with Crippen molar-refractivity contribution in [3.8, 4) is 16.9 Å². The van der Waals surface area contributed by atoms with Crippen LogP contribution in [0.1, 0.15) is 0 Å². The normalized spacial score (nSPS) is 10.3. The van der Waals surface area contributed by atoms with Gasteiger partial charge in [0, 0.05) is 17.2 Å². The van der Waals surface area contributed by atoms with Crippen LogP contribution in [0.15, 0.2) is 49.1 Å². The highest BCUT2D eigenvalue weighted by Crippen LogP contribution is 2.31. The van der Waals surface area contributed by atoms with Crippen LogP contribution in [0, 0.1) is 11.6 Å². The molecule has 0 amide bonds. The molecule has 0 N–H and O–H groups in total. The van der Waals surface area contributed by atoms with Crippen molar-refractivity contribution >= 4 is 11.6 Å². The summed E-state index contributed by atoms with van der Waals surface area (Å²) in [4.78, 5) is 0. The molecule has 1 nitrogen and oxygen atoms in total. The predicted molar refractivity (Wildman–Crippen MR) is 72.5 cm³/mol. The van der Waals surface area contributed by atoms with E-state index in [-0.39, 0.29) is 17.9 Å². The summed E-state index contributed by atoms with van der Waals surface area (Å²) in [5.74, 6) is -1.26. The first kappa shape index (κ1) is 13.6. The lowest BCUT2D eigenvalue weighted by molar-refractivity contribution is 0.358. The molecular weight excluding hydrogens is 270 g/mol. The van der Waals surface area contributed by atoms with Crippen LogP contribution in [0.25, 0.3) is 11.1 Å². The lowest BCUT2D eigenvalue weighted by Crippen LogP contribution is -1.97. The number of ether oxygens (including phenoxy) is 1. The summed E-state index contributed by atoms with van der Waals surface area (Å²) in [5.41, 5.74) is 0.270. The molecular formula is C15H11ClF2O. The largest absolute Gasteiger partial charge is 0.489 e. The summed E-state index contributed by atoms with van der Waals surface area (Å²) >= 11 is 5.82. The van der Waals surface area contributed by atoms with Gasteiger partial charge in [0.2, 0.25) is 0 Å². The first-order chi connectivity index (χ1) is 9.11. The Morgan fingerprint density at radius 2 is 1.84 bits per heavy atom. The van der Waals surface area contributed by atoms with Crippen LogP contribution in [-0.4, -0.2) is 6.61 Å². The Kier molecular flexibility index (Phi) is 4.17. The van der Waals surface area contributed by atoms with Crippen LogP contribution in [-0.2, 0) is 0 Å². The smallest absolute Gasteiger partial charge is 0.137 e. The van der Waals surface area contributed by atoms with Crippen molar-refractivity contribution in [1.29, 1.82) is 0 Å². The number of benzene rings is 2. The third kappa shape index (κ3) is 3.12. The highest BCUT2D eigenvalue weighted by Gasteiger charge is 2.14. The van der Waals surface area contributed by atoms with Gasteiger partial charge < -0.3 is 4.74 Å². The number of halogens is 3. The highest BCUT2D eigenvalue weighted by atomic mass is 35.5. The van der Waals surface area contributed by atoms with Crippen molar-refractivity contribution in [3.63, 3.8) is 0 Å². The average Bonchev–Trinajstić information content (AvgIpc) is 2.35. The van der Waals surface area contributed by atoms with Crippen LogP contribution < -0.4 is 4.74 Å². The summed E-state index contributed by atoms with van der Waals surface area (Å²) in [5, 5.41) is 0.420. The van der Waals surface area contributed by atoms with Gasteiger partial charge >= 0.3 is 0 Å². The fourth-order valence-electron chi connectivity index (χ4n) is 1.71. The standard InChI is InChI=1S/C15H11ClF2O/c1-2-6-19-12-8-13(17)15(14(18)9-12)10-4-3-5-11(16)7-10/h2-5,7-9H,1,6H2. The Hall–Kier alpha value is -1.87. The molecule has 0 unspecified atom stereocenters. The van der Waals surface area contributed by atoms with Gasteiger partial charge in [0.1, 0.15) is 24.0 Å². The molecule has 0 atom stereocenters. The number of hydrogen-bond acceptors (Lipinski definition) is 1. The summed E-state index contributed by atoms with van der Waals surface area (Å²) in [6.45, 7) is 3.66. The molecule has 19 heavy (non-hydrogen) atoms. The van der Waals surface area contributed by atoms with Crippen molar-refractivity contribution in [2.45, 2.75) is 0 Å². The molecule has 0 aliphatic carbocycles. The van der Waals surface area contributed by atoms with Crippen LogP contribution in [0.5, 0.6) is 5.75 Å². The van der Waals surface area contributed by atoms with Gasteiger partial charge in [0.05, 0.1) is 5.56 Å². The molecule has 98 valence electrons. The Bertz CT molecular complexity index is 588. The Morgan fingerprint density at radius 1 is 1.16 bits per heavy atom. The Morgan fingerprint density at radius 3 is 2.42 bits per heavy atom. The van der Waals surface area contributed by atoms with E-state index in [0.29, 0.717) is 10.6 Å². The minimum atomic E-state index is -0.693. The molecule has 2 aromatic carbocycles. The van der Waals surface area contributed by atoms with E-state index in [2.05, 4.69) is 6.58 Å². The molecule has 0 heterocycles. The molecule has 0 radical (unpaired) electrons. The van der Waals surface area contributed by atoms with Gasteiger partial charge in [0.15, 0.2) is 0 Å². The van der Waals surface area contributed by atoms with Gasteiger partial charge in [0.25, 0.3) is 0 Å². The third-order valence-corrected chi connectivity index (χ3v) is 2.73. The van der Waals surface area contributed by atoms with Gasteiger partial charge in [-0.3, -0.25) is 0 Å². The number of rotatable bonds is 4. The lowest BCUT2D eigenvalue weighted by atomic mass is 10.0. The van der Waals surface area contributed by atoms with Crippen molar-refractivity contribution in [3.05, 3.63) is 65.7 Å². The molecule has 0 bridgehead atoms. The van der Waals surface area contributed by atoms with E-state index in [9.17, 15) is 8.78 Å².